The van der Waals surface area contributed by atoms with Gasteiger partial charge in [-0.1, -0.05) is 29.8 Å². The van der Waals surface area contributed by atoms with Crippen LogP contribution in [0.3, 0.4) is 0 Å². The van der Waals surface area contributed by atoms with Crippen LogP contribution >= 0.6 is 11.6 Å². The Labute approximate surface area is 154 Å². The monoisotopic (exact) mass is 385 g/mol. The molecule has 138 valence electrons. The zero-order valence-electron chi connectivity index (χ0n) is 14.5. The summed E-state index contributed by atoms with van der Waals surface area (Å²) in [7, 11) is -0.0680. The topological polar surface area (TPSA) is 69.7 Å². The number of hydrogen-bond donors (Lipinski definition) is 1. The lowest BCUT2D eigenvalue weighted by atomic mass is 9.72. The SMILES string of the molecule is CNC(=O)[C@]12CCS(=O)(=O)N(C)[C@@H]1CCN(Cc1ccccc1Cl)C2. The maximum absolute atomic E-state index is 12.8. The largest absolute Gasteiger partial charge is 0.359 e. The summed E-state index contributed by atoms with van der Waals surface area (Å²) < 4.78 is 26.0. The summed E-state index contributed by atoms with van der Waals surface area (Å²) in [6.45, 7) is 1.92. The molecule has 0 spiro atoms. The first kappa shape index (κ1) is 18.6. The average molecular weight is 386 g/mol. The third kappa shape index (κ3) is 3.30. The highest BCUT2D eigenvalue weighted by Gasteiger charge is 2.55. The van der Waals surface area contributed by atoms with Gasteiger partial charge in [0.1, 0.15) is 0 Å². The number of hydrogen-bond acceptors (Lipinski definition) is 4. The van der Waals surface area contributed by atoms with Gasteiger partial charge >= 0.3 is 0 Å². The molecule has 0 bridgehead atoms. The van der Waals surface area contributed by atoms with Crippen LogP contribution < -0.4 is 5.32 Å². The molecule has 1 amide bonds. The van der Waals surface area contributed by atoms with Gasteiger partial charge in [-0.3, -0.25) is 9.69 Å². The normalized spacial score (nSPS) is 29.8. The number of rotatable bonds is 3. The molecule has 8 heteroatoms. The highest BCUT2D eigenvalue weighted by atomic mass is 35.5. The standard InChI is InChI=1S/C17H24ClN3O3S/c1-19-16(22)17-8-10-25(23,24)20(2)15(17)7-9-21(12-17)11-13-5-3-4-6-14(13)18/h3-6,15H,7-12H2,1-2H3,(H,19,22)/t15-,17+/m1/s1. The number of benzene rings is 1. The molecule has 2 saturated heterocycles. The van der Waals surface area contributed by atoms with E-state index >= 15 is 0 Å². The zero-order valence-corrected chi connectivity index (χ0v) is 16.1. The fourth-order valence-corrected chi connectivity index (χ4v) is 5.98. The third-order valence-corrected chi connectivity index (χ3v) is 7.80. The summed E-state index contributed by atoms with van der Waals surface area (Å²) >= 11 is 6.27. The molecule has 0 aliphatic carbocycles. The van der Waals surface area contributed by atoms with Crippen LogP contribution in [0.4, 0.5) is 0 Å². The van der Waals surface area contributed by atoms with Crippen LogP contribution in [0.25, 0.3) is 0 Å². The lowest BCUT2D eigenvalue weighted by Gasteiger charge is -2.52. The third-order valence-electron chi connectivity index (χ3n) is 5.58. The van der Waals surface area contributed by atoms with E-state index in [4.69, 9.17) is 11.6 Å². The predicted octanol–water partition coefficient (Wildman–Crippen LogP) is 1.31. The van der Waals surface area contributed by atoms with E-state index in [9.17, 15) is 13.2 Å². The molecule has 1 aromatic carbocycles. The lowest BCUT2D eigenvalue weighted by molar-refractivity contribution is -0.139. The minimum Gasteiger partial charge on any atom is -0.359 e. The van der Waals surface area contributed by atoms with Crippen LogP contribution in [0, 0.1) is 5.41 Å². The van der Waals surface area contributed by atoms with Crippen molar-refractivity contribution < 1.29 is 13.2 Å². The van der Waals surface area contributed by atoms with Gasteiger partial charge in [-0.2, -0.15) is 0 Å². The molecule has 1 N–H and O–H groups in total. The lowest BCUT2D eigenvalue weighted by Crippen LogP contribution is -2.66. The molecule has 2 aliphatic rings. The fourth-order valence-electron chi connectivity index (χ4n) is 4.18. The minimum absolute atomic E-state index is 0.00729. The second kappa shape index (κ2) is 6.87. The van der Waals surface area contributed by atoms with E-state index in [1.165, 1.54) is 4.31 Å². The summed E-state index contributed by atoms with van der Waals surface area (Å²) in [6, 6.07) is 7.39. The van der Waals surface area contributed by atoms with Crippen molar-refractivity contribution in [1.82, 2.24) is 14.5 Å². The zero-order chi connectivity index (χ0) is 18.2. The maximum atomic E-state index is 12.8. The van der Waals surface area contributed by atoms with Crippen molar-refractivity contribution in [3.8, 4) is 0 Å². The molecule has 6 nitrogen and oxygen atoms in total. The summed E-state index contributed by atoms with van der Waals surface area (Å²) in [5.74, 6) is -0.0732. The van der Waals surface area contributed by atoms with Gasteiger partial charge in [-0.15, -0.1) is 0 Å². The van der Waals surface area contributed by atoms with Crippen LogP contribution in [0.15, 0.2) is 24.3 Å². The number of carbonyl (C=O) groups is 1. The number of nitrogens with one attached hydrogen (secondary N) is 1. The smallest absolute Gasteiger partial charge is 0.228 e. The number of fused-ring (bicyclic) bond motifs is 1. The summed E-state index contributed by atoms with van der Waals surface area (Å²) in [5.41, 5.74) is 0.306. The van der Waals surface area contributed by atoms with Crippen molar-refractivity contribution in [2.24, 2.45) is 5.41 Å². The molecule has 1 aromatic rings. The molecule has 2 fully saturated rings. The Morgan fingerprint density at radius 1 is 1.40 bits per heavy atom. The minimum atomic E-state index is -3.28. The number of carbonyl (C=O) groups excluding carboxylic acids is 1. The van der Waals surface area contributed by atoms with E-state index in [2.05, 4.69) is 10.2 Å². The van der Waals surface area contributed by atoms with Crippen LogP contribution in [0.1, 0.15) is 18.4 Å². The van der Waals surface area contributed by atoms with Crippen molar-refractivity contribution in [2.75, 3.05) is 32.9 Å². The highest BCUT2D eigenvalue weighted by Crippen LogP contribution is 2.42. The van der Waals surface area contributed by atoms with Gasteiger partial charge < -0.3 is 5.32 Å². The second-order valence-electron chi connectivity index (χ2n) is 6.92. The highest BCUT2D eigenvalue weighted by molar-refractivity contribution is 7.89. The number of sulfonamides is 1. The number of halogens is 1. The number of nitrogens with zero attached hydrogens (tertiary/aromatic N) is 2. The van der Waals surface area contributed by atoms with Gasteiger partial charge in [-0.05, 0) is 24.5 Å². The molecular formula is C17H24ClN3O3S. The van der Waals surface area contributed by atoms with Gasteiger partial charge in [0.25, 0.3) is 0 Å². The number of amides is 1. The first-order valence-corrected chi connectivity index (χ1v) is 10.4. The van der Waals surface area contributed by atoms with E-state index in [0.29, 0.717) is 31.0 Å². The van der Waals surface area contributed by atoms with Gasteiger partial charge in [-0.25, -0.2) is 12.7 Å². The molecule has 25 heavy (non-hydrogen) atoms. The van der Waals surface area contributed by atoms with Gasteiger partial charge in [0, 0.05) is 44.8 Å². The first-order valence-electron chi connectivity index (χ1n) is 8.44. The quantitative estimate of drug-likeness (QED) is 0.851. The van der Waals surface area contributed by atoms with Crippen molar-refractivity contribution in [2.45, 2.75) is 25.4 Å². The van der Waals surface area contributed by atoms with E-state index in [1.54, 1.807) is 14.1 Å². The van der Waals surface area contributed by atoms with Crippen LogP contribution in [-0.2, 0) is 21.4 Å². The molecular weight excluding hydrogens is 362 g/mol. The van der Waals surface area contributed by atoms with Gasteiger partial charge in [0.15, 0.2) is 0 Å². The Kier molecular flexibility index (Phi) is 5.12. The van der Waals surface area contributed by atoms with Crippen molar-refractivity contribution in [1.29, 1.82) is 0 Å². The van der Waals surface area contributed by atoms with Crippen LogP contribution in [0.5, 0.6) is 0 Å². The maximum Gasteiger partial charge on any atom is 0.228 e. The molecule has 2 aliphatic heterocycles. The second-order valence-corrected chi connectivity index (χ2v) is 9.48. The van der Waals surface area contributed by atoms with Gasteiger partial charge in [0.05, 0.1) is 11.2 Å². The molecule has 3 rings (SSSR count). The molecule has 0 radical (unpaired) electrons. The molecule has 2 atom stereocenters. The molecule has 0 aromatic heterocycles. The van der Waals surface area contributed by atoms with Crippen molar-refractivity contribution >= 4 is 27.5 Å². The predicted molar refractivity (Wildman–Crippen MR) is 97.8 cm³/mol. The molecule has 0 saturated carbocycles. The van der Waals surface area contributed by atoms with Gasteiger partial charge in [0.2, 0.25) is 15.9 Å². The van der Waals surface area contributed by atoms with E-state index < -0.39 is 15.4 Å². The van der Waals surface area contributed by atoms with Crippen LogP contribution in [0.2, 0.25) is 5.02 Å². The summed E-state index contributed by atoms with van der Waals surface area (Å²) in [6.07, 6.45) is 0.983. The summed E-state index contributed by atoms with van der Waals surface area (Å²) in [4.78, 5) is 15.0. The van der Waals surface area contributed by atoms with E-state index in [-0.39, 0.29) is 17.7 Å². The van der Waals surface area contributed by atoms with Crippen molar-refractivity contribution in [3.63, 3.8) is 0 Å². The first-order chi connectivity index (χ1) is 11.8. The Hall–Kier alpha value is -1.15. The Bertz CT molecular complexity index is 770. The molecule has 2 heterocycles. The van der Waals surface area contributed by atoms with Crippen LogP contribution in [-0.4, -0.2) is 62.5 Å². The average Bonchev–Trinajstić information content (AvgIpc) is 2.60. The number of likely N-dealkylation sites (tertiary alicyclic amines) is 1. The van der Waals surface area contributed by atoms with E-state index in [0.717, 1.165) is 12.1 Å². The fraction of sp³-hybridized carbons (Fsp3) is 0.588. The summed E-state index contributed by atoms with van der Waals surface area (Å²) in [5, 5.41) is 3.47. The Balaban J connectivity index is 1.88. The number of piperidine rings is 1. The van der Waals surface area contributed by atoms with Crippen molar-refractivity contribution in [3.05, 3.63) is 34.9 Å². The Morgan fingerprint density at radius 3 is 2.80 bits per heavy atom. The van der Waals surface area contributed by atoms with E-state index in [1.807, 2.05) is 24.3 Å². The Morgan fingerprint density at radius 2 is 2.12 bits per heavy atom. The molecule has 0 unspecified atom stereocenters.